The van der Waals surface area contributed by atoms with E-state index in [-0.39, 0.29) is 5.97 Å². The van der Waals surface area contributed by atoms with Crippen LogP contribution in [0.2, 0.25) is 0 Å². The Morgan fingerprint density at radius 3 is 2.08 bits per heavy atom. The monoisotopic (exact) mass is 318 g/mol. The number of benzene rings is 3. The first-order valence-electron chi connectivity index (χ1n) is 7.74. The topological polar surface area (TPSA) is 35.5 Å². The molecule has 0 spiro atoms. The first-order chi connectivity index (χ1) is 11.6. The van der Waals surface area contributed by atoms with Gasteiger partial charge in [-0.2, -0.15) is 0 Å². The van der Waals surface area contributed by atoms with Crippen LogP contribution in [0.15, 0.2) is 72.8 Å². The molecule has 24 heavy (non-hydrogen) atoms. The molecule has 3 rings (SSSR count). The third kappa shape index (κ3) is 3.82. The van der Waals surface area contributed by atoms with Crippen LogP contribution in [-0.4, -0.2) is 5.97 Å². The van der Waals surface area contributed by atoms with Crippen LogP contribution in [0.25, 0.3) is 0 Å². The Labute approximate surface area is 141 Å². The third-order valence-electron chi connectivity index (χ3n) is 3.63. The van der Waals surface area contributed by atoms with E-state index in [0.717, 1.165) is 16.9 Å². The van der Waals surface area contributed by atoms with Gasteiger partial charge < -0.3 is 9.47 Å². The summed E-state index contributed by atoms with van der Waals surface area (Å²) in [5.74, 6) is 1.58. The SMILES string of the molecule is Cc1ccc(C)c(C(=O)Oc2ccc(Oc3ccccc3)cc2)c1. The van der Waals surface area contributed by atoms with Crippen LogP contribution in [-0.2, 0) is 0 Å². The number of para-hydroxylation sites is 1. The van der Waals surface area contributed by atoms with Crippen LogP contribution in [0, 0.1) is 13.8 Å². The molecule has 0 bridgehead atoms. The predicted molar refractivity (Wildman–Crippen MR) is 93.8 cm³/mol. The number of ether oxygens (including phenoxy) is 2. The van der Waals surface area contributed by atoms with Gasteiger partial charge in [-0.25, -0.2) is 4.79 Å². The van der Waals surface area contributed by atoms with Gasteiger partial charge in [-0.3, -0.25) is 0 Å². The van der Waals surface area contributed by atoms with Crippen LogP contribution >= 0.6 is 0 Å². The largest absolute Gasteiger partial charge is 0.457 e. The fourth-order valence-corrected chi connectivity index (χ4v) is 2.32. The highest BCUT2D eigenvalue weighted by Crippen LogP contribution is 2.24. The first kappa shape index (κ1) is 15.8. The zero-order valence-electron chi connectivity index (χ0n) is 13.7. The maximum absolute atomic E-state index is 12.3. The van der Waals surface area contributed by atoms with Gasteiger partial charge >= 0.3 is 5.97 Å². The van der Waals surface area contributed by atoms with Crippen molar-refractivity contribution >= 4 is 5.97 Å². The van der Waals surface area contributed by atoms with E-state index in [9.17, 15) is 4.79 Å². The number of esters is 1. The molecule has 3 heteroatoms. The van der Waals surface area contributed by atoms with E-state index in [1.165, 1.54) is 0 Å². The van der Waals surface area contributed by atoms with Crippen LogP contribution < -0.4 is 9.47 Å². The Hall–Kier alpha value is -3.07. The Morgan fingerprint density at radius 1 is 0.750 bits per heavy atom. The number of aryl methyl sites for hydroxylation is 2. The molecule has 120 valence electrons. The van der Waals surface area contributed by atoms with Crippen LogP contribution in [0.1, 0.15) is 21.5 Å². The molecule has 0 amide bonds. The summed E-state index contributed by atoms with van der Waals surface area (Å²) >= 11 is 0. The molecule has 3 nitrogen and oxygen atoms in total. The molecule has 0 unspecified atom stereocenters. The number of carbonyl (C=O) groups is 1. The lowest BCUT2D eigenvalue weighted by molar-refractivity contribution is 0.0734. The van der Waals surface area contributed by atoms with Gasteiger partial charge in [0.25, 0.3) is 0 Å². The Kier molecular flexibility index (Phi) is 4.62. The lowest BCUT2D eigenvalue weighted by Gasteiger charge is -2.09. The van der Waals surface area contributed by atoms with Crippen molar-refractivity contribution in [2.45, 2.75) is 13.8 Å². The first-order valence-corrected chi connectivity index (χ1v) is 7.74. The lowest BCUT2D eigenvalue weighted by Crippen LogP contribution is -2.10. The molecule has 0 aliphatic carbocycles. The van der Waals surface area contributed by atoms with E-state index in [2.05, 4.69) is 0 Å². The number of rotatable bonds is 4. The zero-order chi connectivity index (χ0) is 16.9. The van der Waals surface area contributed by atoms with Gasteiger partial charge in [0.1, 0.15) is 17.2 Å². The highest BCUT2D eigenvalue weighted by Gasteiger charge is 2.12. The second-order valence-electron chi connectivity index (χ2n) is 5.59. The van der Waals surface area contributed by atoms with Crippen molar-refractivity contribution in [2.24, 2.45) is 0 Å². The molecule has 0 N–H and O–H groups in total. The van der Waals surface area contributed by atoms with Gasteiger partial charge in [0.15, 0.2) is 0 Å². The van der Waals surface area contributed by atoms with E-state index in [1.54, 1.807) is 24.3 Å². The summed E-state index contributed by atoms with van der Waals surface area (Å²) in [6.07, 6.45) is 0. The minimum absolute atomic E-state index is 0.354. The van der Waals surface area contributed by atoms with Gasteiger partial charge in [-0.15, -0.1) is 0 Å². The van der Waals surface area contributed by atoms with E-state index < -0.39 is 0 Å². The van der Waals surface area contributed by atoms with Crippen molar-refractivity contribution in [3.63, 3.8) is 0 Å². The van der Waals surface area contributed by atoms with Gasteiger partial charge in [-0.05, 0) is 61.9 Å². The quantitative estimate of drug-likeness (QED) is 0.483. The van der Waals surface area contributed by atoms with E-state index in [4.69, 9.17) is 9.47 Å². The Morgan fingerprint density at radius 2 is 1.38 bits per heavy atom. The van der Waals surface area contributed by atoms with Crippen molar-refractivity contribution in [1.29, 1.82) is 0 Å². The summed E-state index contributed by atoms with van der Waals surface area (Å²) in [5, 5.41) is 0. The minimum atomic E-state index is -0.354. The number of hydrogen-bond donors (Lipinski definition) is 0. The summed E-state index contributed by atoms with van der Waals surface area (Å²) in [6.45, 7) is 3.85. The molecule has 0 heterocycles. The minimum Gasteiger partial charge on any atom is -0.457 e. The number of carbonyl (C=O) groups excluding carboxylic acids is 1. The van der Waals surface area contributed by atoms with Crippen molar-refractivity contribution in [1.82, 2.24) is 0 Å². The average molecular weight is 318 g/mol. The standard InChI is InChI=1S/C21H18O3/c1-15-8-9-16(2)20(14-15)21(22)24-19-12-10-18(11-13-19)23-17-6-4-3-5-7-17/h3-14H,1-2H3. The normalized spacial score (nSPS) is 10.2. The second kappa shape index (κ2) is 7.01. The number of hydrogen-bond acceptors (Lipinski definition) is 3. The molecule has 0 aliphatic heterocycles. The van der Waals surface area contributed by atoms with Gasteiger partial charge in [0, 0.05) is 0 Å². The summed E-state index contributed by atoms with van der Waals surface area (Å²) in [7, 11) is 0. The molecule has 0 aromatic heterocycles. The summed E-state index contributed by atoms with van der Waals surface area (Å²) < 4.78 is 11.2. The molecule has 3 aromatic rings. The third-order valence-corrected chi connectivity index (χ3v) is 3.63. The maximum Gasteiger partial charge on any atom is 0.343 e. The van der Waals surface area contributed by atoms with Gasteiger partial charge in [0.05, 0.1) is 5.56 Å². The average Bonchev–Trinajstić information content (AvgIpc) is 2.59. The van der Waals surface area contributed by atoms with E-state index >= 15 is 0 Å². The smallest absolute Gasteiger partial charge is 0.343 e. The molecule has 0 saturated carbocycles. The molecular formula is C21H18O3. The maximum atomic E-state index is 12.3. The predicted octanol–water partition coefficient (Wildman–Crippen LogP) is 5.31. The fourth-order valence-electron chi connectivity index (χ4n) is 2.32. The molecule has 0 radical (unpaired) electrons. The molecular weight excluding hydrogens is 300 g/mol. The zero-order valence-corrected chi connectivity index (χ0v) is 13.7. The highest BCUT2D eigenvalue weighted by molar-refractivity contribution is 5.92. The highest BCUT2D eigenvalue weighted by atomic mass is 16.5. The Bertz CT molecular complexity index is 837. The van der Waals surface area contributed by atoms with Crippen molar-refractivity contribution < 1.29 is 14.3 Å². The van der Waals surface area contributed by atoms with Crippen molar-refractivity contribution in [3.8, 4) is 17.2 Å². The van der Waals surface area contributed by atoms with Gasteiger partial charge in [0.2, 0.25) is 0 Å². The second-order valence-corrected chi connectivity index (χ2v) is 5.59. The molecule has 0 saturated heterocycles. The molecule has 3 aromatic carbocycles. The lowest BCUT2D eigenvalue weighted by atomic mass is 10.1. The molecule has 0 atom stereocenters. The summed E-state index contributed by atoms with van der Waals surface area (Å²) in [6, 6.07) is 22.3. The van der Waals surface area contributed by atoms with Crippen LogP contribution in [0.5, 0.6) is 17.2 Å². The van der Waals surface area contributed by atoms with Crippen LogP contribution in [0.4, 0.5) is 0 Å². The van der Waals surface area contributed by atoms with Crippen molar-refractivity contribution in [3.05, 3.63) is 89.5 Å². The summed E-state index contributed by atoms with van der Waals surface area (Å²) in [4.78, 5) is 12.3. The molecule has 0 fully saturated rings. The summed E-state index contributed by atoms with van der Waals surface area (Å²) in [5.41, 5.74) is 2.51. The van der Waals surface area contributed by atoms with Crippen molar-refractivity contribution in [2.75, 3.05) is 0 Å². The fraction of sp³-hybridized carbons (Fsp3) is 0.0952. The molecule has 0 aliphatic rings. The van der Waals surface area contributed by atoms with Gasteiger partial charge in [-0.1, -0.05) is 35.9 Å². The Balaban J connectivity index is 1.70. The van der Waals surface area contributed by atoms with E-state index in [0.29, 0.717) is 17.1 Å². The van der Waals surface area contributed by atoms with E-state index in [1.807, 2.05) is 62.4 Å². The van der Waals surface area contributed by atoms with Crippen LogP contribution in [0.3, 0.4) is 0 Å².